The molecule has 0 aliphatic carbocycles. The van der Waals surface area contributed by atoms with Crippen molar-refractivity contribution in [1.29, 1.82) is 0 Å². The van der Waals surface area contributed by atoms with E-state index in [1.165, 1.54) is 11.6 Å². The van der Waals surface area contributed by atoms with Crippen LogP contribution in [0.5, 0.6) is 11.5 Å². The average molecular weight is 372 g/mol. The first-order chi connectivity index (χ1) is 13.7. The second-order valence-corrected chi connectivity index (χ2v) is 7.11. The zero-order valence-electron chi connectivity index (χ0n) is 15.8. The van der Waals surface area contributed by atoms with Crippen LogP contribution in [-0.2, 0) is 4.79 Å². The van der Waals surface area contributed by atoms with Crippen molar-refractivity contribution in [2.45, 2.75) is 24.8 Å². The highest BCUT2D eigenvalue weighted by Crippen LogP contribution is 2.38. The van der Waals surface area contributed by atoms with Crippen LogP contribution < -0.4 is 4.74 Å². The van der Waals surface area contributed by atoms with Gasteiger partial charge < -0.3 is 14.6 Å². The fourth-order valence-corrected chi connectivity index (χ4v) is 3.92. The lowest BCUT2D eigenvalue weighted by molar-refractivity contribution is -0.130. The maximum atomic E-state index is 12.5. The summed E-state index contributed by atoms with van der Waals surface area (Å²) in [6, 6.07) is 19.9. The molecule has 1 saturated heterocycles. The first-order valence-electron chi connectivity index (χ1n) is 9.63. The summed E-state index contributed by atoms with van der Waals surface area (Å²) in [5.41, 5.74) is 2.38. The van der Waals surface area contributed by atoms with Gasteiger partial charge in [0.1, 0.15) is 11.5 Å². The number of para-hydroxylation sites is 1. The Balaban J connectivity index is 1.51. The smallest absolute Gasteiger partial charge is 0.246 e. The highest BCUT2D eigenvalue weighted by Gasteiger charge is 2.32. The van der Waals surface area contributed by atoms with Crippen molar-refractivity contribution in [1.82, 2.24) is 9.88 Å². The summed E-state index contributed by atoms with van der Waals surface area (Å²) in [6.45, 7) is 4.40. The third kappa shape index (κ3) is 3.86. The van der Waals surface area contributed by atoms with Crippen molar-refractivity contribution in [3.05, 3.63) is 96.8 Å². The number of carbonyl (C=O) groups is 1. The molecular formula is C24H24N2O2. The van der Waals surface area contributed by atoms with Gasteiger partial charge in [0.15, 0.2) is 0 Å². The molecule has 0 bridgehead atoms. The Labute approximate surface area is 165 Å². The van der Waals surface area contributed by atoms with Gasteiger partial charge in [-0.1, -0.05) is 36.9 Å². The lowest BCUT2D eigenvalue weighted by Gasteiger charge is -2.39. The highest BCUT2D eigenvalue weighted by molar-refractivity contribution is 5.87. The van der Waals surface area contributed by atoms with Crippen molar-refractivity contribution >= 4 is 5.91 Å². The van der Waals surface area contributed by atoms with E-state index in [-0.39, 0.29) is 11.9 Å². The molecule has 1 fully saturated rings. The van der Waals surface area contributed by atoms with E-state index in [0.717, 1.165) is 29.9 Å². The van der Waals surface area contributed by atoms with Gasteiger partial charge in [0.05, 0.1) is 6.04 Å². The normalized spacial score (nSPS) is 19.2. The summed E-state index contributed by atoms with van der Waals surface area (Å²) >= 11 is 0. The third-order valence-electron chi connectivity index (χ3n) is 5.38. The molecule has 0 radical (unpaired) electrons. The fourth-order valence-electron chi connectivity index (χ4n) is 3.92. The number of H-pyrrole nitrogens is 1. The molecule has 2 heterocycles. The van der Waals surface area contributed by atoms with Gasteiger partial charge in [0.2, 0.25) is 5.91 Å². The van der Waals surface area contributed by atoms with Crippen molar-refractivity contribution in [3.63, 3.8) is 0 Å². The van der Waals surface area contributed by atoms with Crippen LogP contribution in [0.25, 0.3) is 0 Å². The number of piperidine rings is 1. The van der Waals surface area contributed by atoms with Crippen LogP contribution in [0.1, 0.15) is 35.9 Å². The molecule has 1 aliphatic rings. The predicted molar refractivity (Wildman–Crippen MR) is 110 cm³/mol. The third-order valence-corrected chi connectivity index (χ3v) is 5.38. The molecule has 3 aromatic rings. The van der Waals surface area contributed by atoms with Gasteiger partial charge in [-0.25, -0.2) is 0 Å². The quantitative estimate of drug-likeness (QED) is 0.606. The number of likely N-dealkylation sites (tertiary alicyclic amines) is 1. The molecule has 1 amide bonds. The molecule has 1 aliphatic heterocycles. The number of nitrogens with one attached hydrogen (secondary N) is 1. The Kier molecular flexibility index (Phi) is 5.29. The minimum atomic E-state index is -0.0187. The molecule has 2 atom stereocenters. The molecule has 0 saturated carbocycles. The van der Waals surface area contributed by atoms with E-state index in [1.807, 2.05) is 59.8 Å². The topological polar surface area (TPSA) is 45.3 Å². The largest absolute Gasteiger partial charge is 0.457 e. The number of carbonyl (C=O) groups excluding carboxylic acids is 1. The van der Waals surface area contributed by atoms with Gasteiger partial charge in [-0.15, -0.1) is 0 Å². The van der Waals surface area contributed by atoms with E-state index in [9.17, 15) is 4.79 Å². The molecule has 4 nitrogen and oxygen atoms in total. The van der Waals surface area contributed by atoms with Crippen molar-refractivity contribution in [2.75, 3.05) is 6.54 Å². The van der Waals surface area contributed by atoms with Gasteiger partial charge in [-0.2, -0.15) is 0 Å². The fraction of sp³-hybridized carbons (Fsp3) is 0.208. The number of hydrogen-bond donors (Lipinski definition) is 1. The Morgan fingerprint density at radius 2 is 1.75 bits per heavy atom. The number of nitrogens with zero attached hydrogens (tertiary/aromatic N) is 1. The van der Waals surface area contributed by atoms with Crippen LogP contribution in [0.3, 0.4) is 0 Å². The Morgan fingerprint density at radius 3 is 2.43 bits per heavy atom. The monoisotopic (exact) mass is 372 g/mol. The number of benzene rings is 2. The number of amides is 1. The van der Waals surface area contributed by atoms with Crippen LogP contribution in [-0.4, -0.2) is 22.3 Å². The Hall–Kier alpha value is -3.27. The van der Waals surface area contributed by atoms with Crippen molar-refractivity contribution < 1.29 is 9.53 Å². The van der Waals surface area contributed by atoms with Crippen LogP contribution >= 0.6 is 0 Å². The number of ether oxygens (including phenoxy) is 1. The Morgan fingerprint density at radius 1 is 1.00 bits per heavy atom. The first kappa shape index (κ1) is 18.1. The predicted octanol–water partition coefficient (Wildman–Crippen LogP) is 5.44. The van der Waals surface area contributed by atoms with E-state index < -0.39 is 0 Å². The summed E-state index contributed by atoms with van der Waals surface area (Å²) in [7, 11) is 0. The minimum absolute atomic E-state index is 0.0187. The van der Waals surface area contributed by atoms with Crippen LogP contribution in [0, 0.1) is 0 Å². The van der Waals surface area contributed by atoms with Gasteiger partial charge in [0.25, 0.3) is 0 Å². The highest BCUT2D eigenvalue weighted by atomic mass is 16.5. The Bertz CT molecular complexity index is 917. The molecule has 4 heteroatoms. The summed E-state index contributed by atoms with van der Waals surface area (Å²) < 4.78 is 5.88. The van der Waals surface area contributed by atoms with Crippen LogP contribution in [0.2, 0.25) is 0 Å². The molecule has 1 unspecified atom stereocenters. The standard InChI is InChI=1S/C24H24N2O2/c1-2-24(27)26-17-20(19-14-15-25-16-19)10-13-23(26)18-8-11-22(12-9-18)28-21-6-4-3-5-7-21/h2-9,11-12,14-16,20,23,25H,1,10,13,17H2/t20-,23?/m1/s1. The van der Waals surface area contributed by atoms with E-state index in [1.54, 1.807) is 0 Å². The van der Waals surface area contributed by atoms with Crippen molar-refractivity contribution in [2.24, 2.45) is 0 Å². The lowest BCUT2D eigenvalue weighted by atomic mass is 9.86. The lowest BCUT2D eigenvalue weighted by Crippen LogP contribution is -2.40. The van der Waals surface area contributed by atoms with Crippen LogP contribution in [0.15, 0.2) is 85.7 Å². The zero-order chi connectivity index (χ0) is 19.3. The first-order valence-corrected chi connectivity index (χ1v) is 9.63. The molecule has 4 rings (SSSR count). The number of rotatable bonds is 5. The molecule has 142 valence electrons. The van der Waals surface area contributed by atoms with Gasteiger partial charge in [0, 0.05) is 24.9 Å². The molecule has 1 aromatic heterocycles. The summed E-state index contributed by atoms with van der Waals surface area (Å²) in [4.78, 5) is 17.6. The van der Waals surface area contributed by atoms with Gasteiger partial charge >= 0.3 is 0 Å². The summed E-state index contributed by atoms with van der Waals surface area (Å²) in [5.74, 6) is 1.94. The van der Waals surface area contributed by atoms with E-state index in [2.05, 4.69) is 29.8 Å². The van der Waals surface area contributed by atoms with E-state index in [4.69, 9.17) is 4.74 Å². The van der Waals surface area contributed by atoms with Gasteiger partial charge in [-0.3, -0.25) is 4.79 Å². The van der Waals surface area contributed by atoms with E-state index >= 15 is 0 Å². The number of hydrogen-bond acceptors (Lipinski definition) is 2. The maximum Gasteiger partial charge on any atom is 0.246 e. The summed E-state index contributed by atoms with van der Waals surface area (Å²) in [6.07, 6.45) is 7.35. The average Bonchev–Trinajstić information content (AvgIpc) is 3.29. The molecule has 1 N–H and O–H groups in total. The molecule has 28 heavy (non-hydrogen) atoms. The summed E-state index contributed by atoms with van der Waals surface area (Å²) in [5, 5.41) is 0. The number of aromatic nitrogens is 1. The van der Waals surface area contributed by atoms with Gasteiger partial charge in [-0.05, 0) is 60.4 Å². The van der Waals surface area contributed by atoms with Crippen LogP contribution in [0.4, 0.5) is 0 Å². The number of aromatic amines is 1. The van der Waals surface area contributed by atoms with E-state index in [0.29, 0.717) is 12.5 Å². The molecule has 2 aromatic carbocycles. The molecule has 0 spiro atoms. The maximum absolute atomic E-state index is 12.5. The molecular weight excluding hydrogens is 348 g/mol. The second-order valence-electron chi connectivity index (χ2n) is 7.11. The minimum Gasteiger partial charge on any atom is -0.457 e. The van der Waals surface area contributed by atoms with Crippen molar-refractivity contribution in [3.8, 4) is 11.5 Å². The second kappa shape index (κ2) is 8.17. The SMILES string of the molecule is C=CC(=O)N1C[C@H](c2cc[nH]c2)CCC1c1ccc(Oc2ccccc2)cc1. The zero-order valence-corrected chi connectivity index (χ0v) is 15.8.